The highest BCUT2D eigenvalue weighted by Gasteiger charge is 2.40. The summed E-state index contributed by atoms with van der Waals surface area (Å²) in [5, 5.41) is 2.97. The van der Waals surface area contributed by atoms with Crippen molar-refractivity contribution in [2.24, 2.45) is 5.92 Å². The Balaban J connectivity index is 1.32. The molecule has 0 atom stereocenters. The molecule has 154 valence electrons. The van der Waals surface area contributed by atoms with Gasteiger partial charge in [0.05, 0.1) is 14.2 Å². The molecule has 3 fully saturated rings. The number of hydrogen-bond donors (Lipinski definition) is 1. The Morgan fingerprint density at radius 1 is 1.11 bits per heavy atom. The van der Waals surface area contributed by atoms with E-state index < -0.39 is 0 Å². The number of carbonyl (C=O) groups is 1. The minimum absolute atomic E-state index is 0.0539. The molecule has 0 aromatic heterocycles. The van der Waals surface area contributed by atoms with Crippen LogP contribution in [-0.4, -0.2) is 75.0 Å². The predicted molar refractivity (Wildman–Crippen MR) is 107 cm³/mol. The molecule has 0 unspecified atom stereocenters. The van der Waals surface area contributed by atoms with E-state index in [1.165, 1.54) is 19.4 Å². The van der Waals surface area contributed by atoms with Crippen LogP contribution in [0, 0.1) is 5.92 Å². The van der Waals surface area contributed by atoms with Crippen molar-refractivity contribution in [3.63, 3.8) is 0 Å². The van der Waals surface area contributed by atoms with E-state index in [1.807, 2.05) is 11.0 Å². The summed E-state index contributed by atoms with van der Waals surface area (Å²) in [4.78, 5) is 17.2. The average molecular weight is 389 g/mol. The number of hydrogen-bond acceptors (Lipinski definition) is 5. The quantitative estimate of drug-likeness (QED) is 0.777. The van der Waals surface area contributed by atoms with Crippen LogP contribution in [0.3, 0.4) is 0 Å². The first-order valence-electron chi connectivity index (χ1n) is 10.3. The SMILES string of the molecule is COc1ccc(NC(=O)N2CC(N(CC3CC3)C3CCOCC3)C2)cc1OC. The number of nitrogens with zero attached hydrogens (tertiary/aromatic N) is 2. The van der Waals surface area contributed by atoms with Crippen molar-refractivity contribution >= 4 is 11.7 Å². The van der Waals surface area contributed by atoms with Gasteiger partial charge in [0.15, 0.2) is 11.5 Å². The standard InChI is InChI=1S/C21H31N3O4/c1-26-19-6-5-16(11-20(19)27-2)22-21(25)23-13-18(14-23)24(12-15-3-4-15)17-7-9-28-10-8-17/h5-6,11,15,17-18H,3-4,7-10,12-14H2,1-2H3,(H,22,25). The molecule has 2 aliphatic heterocycles. The Morgan fingerprint density at radius 3 is 2.46 bits per heavy atom. The Kier molecular flexibility index (Phi) is 5.92. The molecule has 0 bridgehead atoms. The smallest absolute Gasteiger partial charge is 0.321 e. The minimum Gasteiger partial charge on any atom is -0.493 e. The fourth-order valence-electron chi connectivity index (χ4n) is 4.16. The lowest BCUT2D eigenvalue weighted by atomic mass is 9.99. The lowest BCUT2D eigenvalue weighted by molar-refractivity contribution is -0.0199. The van der Waals surface area contributed by atoms with Gasteiger partial charge in [-0.15, -0.1) is 0 Å². The summed E-state index contributed by atoms with van der Waals surface area (Å²) in [7, 11) is 3.19. The fraction of sp³-hybridized carbons (Fsp3) is 0.667. The predicted octanol–water partition coefficient (Wildman–Crippen LogP) is 2.81. The molecule has 4 rings (SSSR count). The molecule has 2 amide bonds. The third kappa shape index (κ3) is 4.36. The first-order chi connectivity index (χ1) is 13.7. The minimum atomic E-state index is -0.0539. The summed E-state index contributed by atoms with van der Waals surface area (Å²) in [5.74, 6) is 2.12. The number of rotatable bonds is 7. The van der Waals surface area contributed by atoms with Gasteiger partial charge in [0.25, 0.3) is 0 Å². The molecule has 1 aliphatic carbocycles. The van der Waals surface area contributed by atoms with Gasteiger partial charge >= 0.3 is 6.03 Å². The van der Waals surface area contributed by atoms with Crippen LogP contribution < -0.4 is 14.8 Å². The van der Waals surface area contributed by atoms with Gasteiger partial charge in [0.1, 0.15) is 0 Å². The number of benzene rings is 1. The summed E-state index contributed by atoms with van der Waals surface area (Å²) in [5.41, 5.74) is 0.713. The Labute approximate surface area is 166 Å². The van der Waals surface area contributed by atoms with Crippen molar-refractivity contribution in [3.8, 4) is 11.5 Å². The second kappa shape index (κ2) is 8.57. The third-order valence-corrected chi connectivity index (χ3v) is 6.08. The van der Waals surface area contributed by atoms with Gasteiger partial charge in [-0.25, -0.2) is 4.79 Å². The monoisotopic (exact) mass is 389 g/mol. The van der Waals surface area contributed by atoms with Crippen LogP contribution in [0.2, 0.25) is 0 Å². The van der Waals surface area contributed by atoms with Gasteiger partial charge in [-0.1, -0.05) is 0 Å². The van der Waals surface area contributed by atoms with E-state index in [0.29, 0.717) is 29.3 Å². The summed E-state index contributed by atoms with van der Waals surface area (Å²) in [6.07, 6.45) is 4.94. The number of likely N-dealkylation sites (tertiary alicyclic amines) is 1. The van der Waals surface area contributed by atoms with E-state index in [2.05, 4.69) is 10.2 Å². The normalized spacial score (nSPS) is 20.8. The topological polar surface area (TPSA) is 63.3 Å². The number of methoxy groups -OCH3 is 2. The lowest BCUT2D eigenvalue weighted by Crippen LogP contribution is -2.64. The Hall–Kier alpha value is -1.99. The number of ether oxygens (including phenoxy) is 3. The van der Waals surface area contributed by atoms with Crippen molar-refractivity contribution in [2.45, 2.75) is 37.8 Å². The van der Waals surface area contributed by atoms with Crippen LogP contribution in [0.4, 0.5) is 10.5 Å². The van der Waals surface area contributed by atoms with Gasteiger partial charge in [0.2, 0.25) is 0 Å². The molecular formula is C21H31N3O4. The second-order valence-electron chi connectivity index (χ2n) is 8.04. The molecule has 0 spiro atoms. The van der Waals surface area contributed by atoms with Crippen molar-refractivity contribution < 1.29 is 19.0 Å². The average Bonchev–Trinajstić information content (AvgIpc) is 3.51. The van der Waals surface area contributed by atoms with E-state index in [-0.39, 0.29) is 6.03 Å². The summed E-state index contributed by atoms with van der Waals surface area (Å²) < 4.78 is 16.1. The van der Waals surface area contributed by atoms with Gasteiger partial charge in [-0.05, 0) is 43.7 Å². The van der Waals surface area contributed by atoms with Crippen molar-refractivity contribution in [2.75, 3.05) is 52.4 Å². The first kappa shape index (κ1) is 19.3. The molecule has 28 heavy (non-hydrogen) atoms. The molecule has 7 nitrogen and oxygen atoms in total. The molecule has 1 N–H and O–H groups in total. The van der Waals surface area contributed by atoms with E-state index in [1.54, 1.807) is 26.4 Å². The van der Waals surface area contributed by atoms with E-state index in [4.69, 9.17) is 14.2 Å². The Morgan fingerprint density at radius 2 is 1.82 bits per heavy atom. The van der Waals surface area contributed by atoms with Crippen LogP contribution in [0.25, 0.3) is 0 Å². The van der Waals surface area contributed by atoms with Gasteiger partial charge in [-0.3, -0.25) is 4.90 Å². The Bertz CT molecular complexity index is 682. The summed E-state index contributed by atoms with van der Waals surface area (Å²) in [6, 6.07) is 6.44. The zero-order chi connectivity index (χ0) is 19.5. The molecule has 1 saturated carbocycles. The number of nitrogens with one attached hydrogen (secondary N) is 1. The van der Waals surface area contributed by atoms with Gasteiger partial charge in [-0.2, -0.15) is 0 Å². The fourth-order valence-corrected chi connectivity index (χ4v) is 4.16. The maximum Gasteiger partial charge on any atom is 0.321 e. The highest BCUT2D eigenvalue weighted by atomic mass is 16.5. The van der Waals surface area contributed by atoms with Crippen LogP contribution in [0.1, 0.15) is 25.7 Å². The van der Waals surface area contributed by atoms with Crippen LogP contribution in [0.5, 0.6) is 11.5 Å². The highest BCUT2D eigenvalue weighted by Crippen LogP contribution is 2.34. The molecule has 1 aromatic carbocycles. The lowest BCUT2D eigenvalue weighted by Gasteiger charge is -2.49. The van der Waals surface area contributed by atoms with Crippen LogP contribution >= 0.6 is 0 Å². The molecular weight excluding hydrogens is 358 g/mol. The van der Waals surface area contributed by atoms with Crippen molar-refractivity contribution in [3.05, 3.63) is 18.2 Å². The van der Waals surface area contributed by atoms with E-state index in [0.717, 1.165) is 45.1 Å². The number of anilines is 1. The second-order valence-corrected chi connectivity index (χ2v) is 8.04. The molecule has 2 saturated heterocycles. The highest BCUT2D eigenvalue weighted by molar-refractivity contribution is 5.90. The summed E-state index contributed by atoms with van der Waals surface area (Å²) >= 11 is 0. The van der Waals surface area contributed by atoms with Gasteiger partial charge < -0.3 is 24.4 Å². The first-order valence-corrected chi connectivity index (χ1v) is 10.3. The molecule has 2 heterocycles. The molecule has 0 radical (unpaired) electrons. The maximum atomic E-state index is 12.6. The summed E-state index contributed by atoms with van der Waals surface area (Å²) in [6.45, 7) is 4.50. The van der Waals surface area contributed by atoms with E-state index in [9.17, 15) is 4.79 Å². The van der Waals surface area contributed by atoms with Crippen LogP contribution in [0.15, 0.2) is 18.2 Å². The number of urea groups is 1. The largest absolute Gasteiger partial charge is 0.493 e. The molecule has 1 aromatic rings. The zero-order valence-electron chi connectivity index (χ0n) is 16.9. The zero-order valence-corrected chi connectivity index (χ0v) is 16.9. The van der Waals surface area contributed by atoms with Crippen molar-refractivity contribution in [1.29, 1.82) is 0 Å². The third-order valence-electron chi connectivity index (χ3n) is 6.08. The maximum absolute atomic E-state index is 12.6. The molecule has 3 aliphatic rings. The van der Waals surface area contributed by atoms with Crippen LogP contribution in [-0.2, 0) is 4.74 Å². The molecule has 7 heteroatoms. The van der Waals surface area contributed by atoms with Crippen molar-refractivity contribution in [1.82, 2.24) is 9.80 Å². The number of carbonyl (C=O) groups excluding carboxylic acids is 1. The van der Waals surface area contributed by atoms with E-state index >= 15 is 0 Å². The number of amides is 2. The van der Waals surface area contributed by atoms with Gasteiger partial charge in [0, 0.05) is 56.7 Å².